The molecule has 9 heteroatoms. The third-order valence-corrected chi connectivity index (χ3v) is 4.21. The Morgan fingerprint density at radius 1 is 1.03 bits per heavy atom. The summed E-state index contributed by atoms with van der Waals surface area (Å²) in [7, 11) is 0. The van der Waals surface area contributed by atoms with Crippen molar-refractivity contribution in [2.75, 3.05) is 26.4 Å². The van der Waals surface area contributed by atoms with Gasteiger partial charge in [-0.15, -0.1) is 5.10 Å². The van der Waals surface area contributed by atoms with Crippen molar-refractivity contribution in [3.63, 3.8) is 0 Å². The Balaban J connectivity index is 1.38. The maximum Gasteiger partial charge on any atom is 0.338 e. The number of aryl methyl sites for hydroxylation is 1. The molecule has 30 heavy (non-hydrogen) atoms. The fraction of sp³-hybridized carbons (Fsp3) is 0.333. The fourth-order valence-electron chi connectivity index (χ4n) is 2.76. The number of esters is 1. The van der Waals surface area contributed by atoms with Crippen LogP contribution in [0.5, 0.6) is 11.5 Å². The predicted octanol–water partition coefficient (Wildman–Crippen LogP) is 2.20. The molecule has 0 atom stereocenters. The summed E-state index contributed by atoms with van der Waals surface area (Å²) >= 11 is 0. The van der Waals surface area contributed by atoms with Gasteiger partial charge in [-0.2, -0.15) is 0 Å². The monoisotopic (exact) mass is 412 g/mol. The van der Waals surface area contributed by atoms with Gasteiger partial charge in [0.05, 0.1) is 24.2 Å². The molecule has 0 aliphatic rings. The molecular formula is C21H24N4O5. The molecule has 1 heterocycles. The van der Waals surface area contributed by atoms with Gasteiger partial charge in [-0.05, 0) is 56.3 Å². The highest BCUT2D eigenvalue weighted by atomic mass is 16.5. The first-order chi connectivity index (χ1) is 14.6. The van der Waals surface area contributed by atoms with Crippen molar-refractivity contribution in [2.24, 2.45) is 0 Å². The molecule has 1 N–H and O–H groups in total. The molecule has 0 fully saturated rings. The standard InChI is InChI=1S/C21H24N4O5/c1-3-25-19-10-5-15(13-18(19)23-24-25)21(27)30-14-20(26)22-11-12-29-17-8-6-16(7-9-17)28-4-2/h5-10,13H,3-4,11-12,14H2,1-2H3,(H,22,26). The van der Waals surface area contributed by atoms with Crippen molar-refractivity contribution < 1.29 is 23.8 Å². The lowest BCUT2D eigenvalue weighted by Gasteiger charge is -2.09. The molecule has 0 aliphatic heterocycles. The van der Waals surface area contributed by atoms with E-state index in [4.69, 9.17) is 14.2 Å². The number of rotatable bonds is 10. The molecule has 0 radical (unpaired) electrons. The summed E-state index contributed by atoms with van der Waals surface area (Å²) in [6.07, 6.45) is 0. The number of hydrogen-bond donors (Lipinski definition) is 1. The molecular weight excluding hydrogens is 388 g/mol. The third-order valence-electron chi connectivity index (χ3n) is 4.21. The maximum atomic E-state index is 12.2. The van der Waals surface area contributed by atoms with Gasteiger partial charge in [0.2, 0.25) is 0 Å². The second-order valence-corrected chi connectivity index (χ2v) is 6.29. The van der Waals surface area contributed by atoms with Crippen molar-refractivity contribution in [1.82, 2.24) is 20.3 Å². The van der Waals surface area contributed by atoms with Crippen molar-refractivity contribution in [3.05, 3.63) is 48.0 Å². The van der Waals surface area contributed by atoms with Crippen molar-refractivity contribution in [2.45, 2.75) is 20.4 Å². The Morgan fingerprint density at radius 3 is 2.47 bits per heavy atom. The number of hydrogen-bond acceptors (Lipinski definition) is 7. The van der Waals surface area contributed by atoms with Gasteiger partial charge in [-0.25, -0.2) is 9.48 Å². The summed E-state index contributed by atoms with van der Waals surface area (Å²) in [5.41, 5.74) is 1.75. The van der Waals surface area contributed by atoms with E-state index in [1.807, 2.05) is 26.0 Å². The van der Waals surface area contributed by atoms with E-state index < -0.39 is 11.9 Å². The van der Waals surface area contributed by atoms with Crippen LogP contribution in [-0.4, -0.2) is 53.2 Å². The molecule has 1 amide bonds. The third kappa shape index (κ3) is 5.47. The fourth-order valence-corrected chi connectivity index (χ4v) is 2.76. The average Bonchev–Trinajstić information content (AvgIpc) is 3.18. The van der Waals surface area contributed by atoms with Gasteiger partial charge in [-0.1, -0.05) is 5.21 Å². The van der Waals surface area contributed by atoms with Crippen molar-refractivity contribution in [3.8, 4) is 11.5 Å². The maximum absolute atomic E-state index is 12.2. The van der Waals surface area contributed by atoms with E-state index in [1.54, 1.807) is 35.0 Å². The first-order valence-corrected chi connectivity index (χ1v) is 9.73. The summed E-state index contributed by atoms with van der Waals surface area (Å²) in [6, 6.07) is 12.2. The Hall–Kier alpha value is -3.62. The van der Waals surface area contributed by atoms with Gasteiger partial charge in [0.25, 0.3) is 5.91 Å². The lowest BCUT2D eigenvalue weighted by Crippen LogP contribution is -2.32. The number of ether oxygens (including phenoxy) is 3. The van der Waals surface area contributed by atoms with Crippen molar-refractivity contribution in [1.29, 1.82) is 0 Å². The first-order valence-electron chi connectivity index (χ1n) is 9.73. The smallest absolute Gasteiger partial charge is 0.338 e. The lowest BCUT2D eigenvalue weighted by atomic mass is 10.2. The van der Waals surface area contributed by atoms with E-state index >= 15 is 0 Å². The summed E-state index contributed by atoms with van der Waals surface area (Å²) in [5, 5.41) is 10.7. The van der Waals surface area contributed by atoms with Gasteiger partial charge >= 0.3 is 5.97 Å². The number of carbonyl (C=O) groups excluding carboxylic acids is 2. The molecule has 3 rings (SSSR count). The van der Waals surface area contributed by atoms with E-state index in [0.29, 0.717) is 30.0 Å². The van der Waals surface area contributed by atoms with Crippen LogP contribution in [0.3, 0.4) is 0 Å². The number of nitrogens with zero attached hydrogens (tertiary/aromatic N) is 3. The first kappa shape index (κ1) is 21.1. The molecule has 0 spiro atoms. The molecule has 1 aromatic heterocycles. The average molecular weight is 412 g/mol. The van der Waals surface area contributed by atoms with Gasteiger partial charge in [0.1, 0.15) is 23.6 Å². The summed E-state index contributed by atoms with van der Waals surface area (Å²) in [5.74, 6) is 0.448. The molecule has 0 bridgehead atoms. The van der Waals surface area contributed by atoms with Crippen LogP contribution in [0.4, 0.5) is 0 Å². The number of amides is 1. The van der Waals surface area contributed by atoms with Crippen LogP contribution in [0.15, 0.2) is 42.5 Å². The molecule has 0 unspecified atom stereocenters. The summed E-state index contributed by atoms with van der Waals surface area (Å²) < 4.78 is 17.7. The lowest BCUT2D eigenvalue weighted by molar-refractivity contribution is -0.124. The minimum absolute atomic E-state index is 0.287. The predicted molar refractivity (Wildman–Crippen MR) is 110 cm³/mol. The second kappa shape index (κ2) is 10.2. The van der Waals surface area contributed by atoms with Crippen LogP contribution >= 0.6 is 0 Å². The molecule has 158 valence electrons. The number of carbonyl (C=O) groups is 2. The van der Waals surface area contributed by atoms with Crippen LogP contribution in [0.25, 0.3) is 11.0 Å². The van der Waals surface area contributed by atoms with Gasteiger partial charge in [-0.3, -0.25) is 4.79 Å². The molecule has 0 saturated carbocycles. The van der Waals surface area contributed by atoms with E-state index in [9.17, 15) is 9.59 Å². The van der Waals surface area contributed by atoms with Gasteiger partial charge < -0.3 is 19.5 Å². The Bertz CT molecular complexity index is 1000. The highest BCUT2D eigenvalue weighted by Crippen LogP contribution is 2.17. The minimum Gasteiger partial charge on any atom is -0.494 e. The molecule has 0 aliphatic carbocycles. The second-order valence-electron chi connectivity index (χ2n) is 6.29. The molecule has 2 aromatic carbocycles. The number of nitrogens with one attached hydrogen (secondary N) is 1. The van der Waals surface area contributed by atoms with E-state index in [-0.39, 0.29) is 19.8 Å². The van der Waals surface area contributed by atoms with Crippen LogP contribution in [0.2, 0.25) is 0 Å². The normalized spacial score (nSPS) is 10.6. The van der Waals surface area contributed by atoms with Crippen LogP contribution in [0, 0.1) is 0 Å². The van der Waals surface area contributed by atoms with E-state index in [2.05, 4.69) is 15.6 Å². The van der Waals surface area contributed by atoms with E-state index in [1.165, 1.54) is 0 Å². The summed E-state index contributed by atoms with van der Waals surface area (Å²) in [6.45, 7) is 5.36. The zero-order valence-corrected chi connectivity index (χ0v) is 17.0. The molecule has 9 nitrogen and oxygen atoms in total. The highest BCUT2D eigenvalue weighted by Gasteiger charge is 2.13. The minimum atomic E-state index is -0.594. The number of fused-ring (bicyclic) bond motifs is 1. The quantitative estimate of drug-likeness (QED) is 0.402. The van der Waals surface area contributed by atoms with Crippen LogP contribution in [-0.2, 0) is 16.1 Å². The SMILES string of the molecule is CCOc1ccc(OCCNC(=O)COC(=O)c2ccc3c(c2)nnn3CC)cc1. The van der Waals surface area contributed by atoms with Gasteiger partial charge in [0, 0.05) is 6.54 Å². The van der Waals surface area contributed by atoms with Crippen LogP contribution in [0.1, 0.15) is 24.2 Å². The number of benzene rings is 2. The Morgan fingerprint density at radius 2 is 1.77 bits per heavy atom. The van der Waals surface area contributed by atoms with Crippen LogP contribution < -0.4 is 14.8 Å². The van der Waals surface area contributed by atoms with Gasteiger partial charge in [0.15, 0.2) is 6.61 Å². The Kier molecular flexibility index (Phi) is 7.20. The summed E-state index contributed by atoms with van der Waals surface area (Å²) in [4.78, 5) is 24.0. The zero-order chi connectivity index (χ0) is 21.3. The van der Waals surface area contributed by atoms with Crippen molar-refractivity contribution >= 4 is 22.9 Å². The zero-order valence-electron chi connectivity index (χ0n) is 17.0. The number of aromatic nitrogens is 3. The Labute approximate surface area is 173 Å². The topological polar surface area (TPSA) is 105 Å². The largest absolute Gasteiger partial charge is 0.494 e. The highest BCUT2D eigenvalue weighted by molar-refractivity contribution is 5.94. The molecule has 3 aromatic rings. The molecule has 0 saturated heterocycles. The van der Waals surface area contributed by atoms with E-state index in [0.717, 1.165) is 11.3 Å².